The van der Waals surface area contributed by atoms with Crippen molar-refractivity contribution >= 4 is 39.3 Å². The van der Waals surface area contributed by atoms with Crippen LogP contribution in [0.3, 0.4) is 0 Å². The average molecular weight is 327 g/mol. The molecule has 0 atom stereocenters. The van der Waals surface area contributed by atoms with Crippen LogP contribution in [0.1, 0.15) is 12.5 Å². The maximum absolute atomic E-state index is 12.2. The fourth-order valence-electron chi connectivity index (χ4n) is 2.04. The molecule has 0 saturated heterocycles. The normalized spacial score (nSPS) is 11.2. The molecule has 0 aliphatic rings. The molecule has 0 saturated carbocycles. The number of thioether (sulfide) groups is 1. The van der Waals surface area contributed by atoms with Crippen LogP contribution < -0.4 is 10.3 Å². The predicted molar refractivity (Wildman–Crippen MR) is 92.2 cm³/mol. The second-order valence-electron chi connectivity index (χ2n) is 4.71. The average Bonchev–Trinajstić information content (AvgIpc) is 2.85. The quantitative estimate of drug-likeness (QED) is 0.696. The lowest BCUT2D eigenvalue weighted by Crippen LogP contribution is -2.26. The topological polar surface area (TPSA) is 42.7 Å². The summed E-state index contributed by atoms with van der Waals surface area (Å²) in [5, 5.41) is 1.97. The molecule has 0 N–H and O–H groups in total. The van der Waals surface area contributed by atoms with Gasteiger partial charge in [-0.05, 0) is 19.2 Å². The standard InChI is InChI=1S/C15H21NO3S2/c1-4-16(5-7-20-8-6-18-3)13-9-12(17)15-14(19-13)11(2)10-21-15/h9-10H,4-8H2,1-3H3. The molecule has 0 fully saturated rings. The zero-order chi connectivity index (χ0) is 15.2. The summed E-state index contributed by atoms with van der Waals surface area (Å²) in [4.78, 5) is 14.3. The minimum absolute atomic E-state index is 0.0508. The molecule has 21 heavy (non-hydrogen) atoms. The summed E-state index contributed by atoms with van der Waals surface area (Å²) in [5.74, 6) is 2.64. The van der Waals surface area contributed by atoms with Crippen LogP contribution in [0.25, 0.3) is 10.3 Å². The number of ether oxygens (including phenoxy) is 1. The molecule has 6 heteroatoms. The van der Waals surface area contributed by atoms with Gasteiger partial charge in [-0.15, -0.1) is 11.3 Å². The second kappa shape index (κ2) is 7.87. The van der Waals surface area contributed by atoms with E-state index in [1.54, 1.807) is 13.2 Å². The molecule has 2 heterocycles. The van der Waals surface area contributed by atoms with E-state index in [1.807, 2.05) is 24.1 Å². The number of rotatable bonds is 8. The van der Waals surface area contributed by atoms with E-state index < -0.39 is 0 Å². The van der Waals surface area contributed by atoms with Crippen molar-refractivity contribution in [1.82, 2.24) is 0 Å². The first-order chi connectivity index (χ1) is 10.2. The Morgan fingerprint density at radius 1 is 1.43 bits per heavy atom. The summed E-state index contributed by atoms with van der Waals surface area (Å²) < 4.78 is 11.7. The Balaban J connectivity index is 2.10. The molecule has 0 spiro atoms. The van der Waals surface area contributed by atoms with E-state index in [-0.39, 0.29) is 5.43 Å². The number of hydrogen-bond donors (Lipinski definition) is 0. The van der Waals surface area contributed by atoms with Gasteiger partial charge >= 0.3 is 0 Å². The lowest BCUT2D eigenvalue weighted by Gasteiger charge is -2.21. The van der Waals surface area contributed by atoms with Crippen LogP contribution in [-0.4, -0.2) is 38.3 Å². The number of thiophene rings is 1. The van der Waals surface area contributed by atoms with Crippen molar-refractivity contribution in [3.63, 3.8) is 0 Å². The largest absolute Gasteiger partial charge is 0.439 e. The number of nitrogens with zero attached hydrogens (tertiary/aromatic N) is 1. The van der Waals surface area contributed by atoms with Gasteiger partial charge in [-0.3, -0.25) is 4.79 Å². The van der Waals surface area contributed by atoms with E-state index in [4.69, 9.17) is 9.15 Å². The van der Waals surface area contributed by atoms with Gasteiger partial charge < -0.3 is 14.1 Å². The highest BCUT2D eigenvalue weighted by Crippen LogP contribution is 2.26. The van der Waals surface area contributed by atoms with Crippen LogP contribution in [0.4, 0.5) is 5.88 Å². The van der Waals surface area contributed by atoms with Gasteiger partial charge in [-0.2, -0.15) is 11.8 Å². The number of methoxy groups -OCH3 is 1. The SMILES string of the molecule is CCN(CCSCCOC)c1cc(=O)c2scc(C)c2o1. The third-order valence-corrected chi connectivity index (χ3v) is 5.25. The van der Waals surface area contributed by atoms with E-state index in [0.29, 0.717) is 10.6 Å². The molecule has 0 bridgehead atoms. The summed E-state index contributed by atoms with van der Waals surface area (Å²) in [7, 11) is 1.71. The molecular formula is C15H21NO3S2. The van der Waals surface area contributed by atoms with Crippen molar-refractivity contribution < 1.29 is 9.15 Å². The first kappa shape index (κ1) is 16.4. The Morgan fingerprint density at radius 3 is 2.95 bits per heavy atom. The Bertz CT molecular complexity index is 635. The second-order valence-corrected chi connectivity index (χ2v) is 6.82. The van der Waals surface area contributed by atoms with E-state index in [1.165, 1.54) is 11.3 Å². The molecule has 2 aromatic heterocycles. The third-order valence-electron chi connectivity index (χ3n) is 3.23. The Labute approximate surface area is 133 Å². The summed E-state index contributed by atoms with van der Waals surface area (Å²) >= 11 is 3.30. The molecule has 0 amide bonds. The minimum Gasteiger partial charge on any atom is -0.439 e. The number of aryl methyl sites for hydroxylation is 1. The molecule has 0 aromatic carbocycles. The summed E-state index contributed by atoms with van der Waals surface area (Å²) in [6.45, 7) is 6.50. The van der Waals surface area contributed by atoms with E-state index in [2.05, 4.69) is 11.8 Å². The molecule has 116 valence electrons. The summed E-state index contributed by atoms with van der Waals surface area (Å²) in [6, 6.07) is 1.61. The highest BCUT2D eigenvalue weighted by Gasteiger charge is 2.13. The highest BCUT2D eigenvalue weighted by molar-refractivity contribution is 7.99. The first-order valence-electron chi connectivity index (χ1n) is 7.01. The van der Waals surface area contributed by atoms with Crippen LogP contribution in [-0.2, 0) is 4.74 Å². The first-order valence-corrected chi connectivity index (χ1v) is 9.04. The lowest BCUT2D eigenvalue weighted by molar-refractivity contribution is 0.218. The van der Waals surface area contributed by atoms with Gasteiger partial charge in [0.2, 0.25) is 5.43 Å². The maximum atomic E-state index is 12.2. The van der Waals surface area contributed by atoms with Crippen molar-refractivity contribution in [2.75, 3.05) is 43.2 Å². The molecule has 0 aliphatic heterocycles. The van der Waals surface area contributed by atoms with E-state index in [0.717, 1.165) is 42.3 Å². The highest BCUT2D eigenvalue weighted by atomic mass is 32.2. The van der Waals surface area contributed by atoms with E-state index >= 15 is 0 Å². The minimum atomic E-state index is 0.0508. The van der Waals surface area contributed by atoms with Crippen molar-refractivity contribution in [2.45, 2.75) is 13.8 Å². The summed E-state index contributed by atoms with van der Waals surface area (Å²) in [5.41, 5.74) is 1.81. The van der Waals surface area contributed by atoms with Gasteiger partial charge in [0, 0.05) is 43.3 Å². The van der Waals surface area contributed by atoms with Gasteiger partial charge in [-0.25, -0.2) is 0 Å². The predicted octanol–water partition coefficient (Wildman–Crippen LogP) is 3.37. The van der Waals surface area contributed by atoms with Crippen molar-refractivity contribution in [2.24, 2.45) is 0 Å². The van der Waals surface area contributed by atoms with Crippen LogP contribution in [0, 0.1) is 6.92 Å². The van der Waals surface area contributed by atoms with Gasteiger partial charge in [-0.1, -0.05) is 0 Å². The fourth-order valence-corrected chi connectivity index (χ4v) is 3.77. The van der Waals surface area contributed by atoms with Gasteiger partial charge in [0.15, 0.2) is 11.5 Å². The Kier molecular flexibility index (Phi) is 6.14. The maximum Gasteiger partial charge on any atom is 0.204 e. The molecule has 0 unspecified atom stereocenters. The molecule has 0 radical (unpaired) electrons. The summed E-state index contributed by atoms with van der Waals surface area (Å²) in [6.07, 6.45) is 0. The Hall–Kier alpha value is -0.980. The van der Waals surface area contributed by atoms with Crippen molar-refractivity contribution in [1.29, 1.82) is 0 Å². The lowest BCUT2D eigenvalue weighted by atomic mass is 10.3. The molecular weight excluding hydrogens is 306 g/mol. The van der Waals surface area contributed by atoms with Gasteiger partial charge in [0.05, 0.1) is 6.61 Å². The van der Waals surface area contributed by atoms with Crippen LogP contribution >= 0.6 is 23.1 Å². The number of hydrogen-bond acceptors (Lipinski definition) is 6. The van der Waals surface area contributed by atoms with Crippen molar-refractivity contribution in [3.05, 3.63) is 27.2 Å². The monoisotopic (exact) mass is 327 g/mol. The molecule has 2 aromatic rings. The van der Waals surface area contributed by atoms with Gasteiger partial charge in [0.25, 0.3) is 0 Å². The zero-order valence-corrected chi connectivity index (χ0v) is 14.3. The van der Waals surface area contributed by atoms with Crippen LogP contribution in [0.5, 0.6) is 0 Å². The number of anilines is 1. The van der Waals surface area contributed by atoms with Gasteiger partial charge in [0.1, 0.15) is 4.70 Å². The fraction of sp³-hybridized carbons (Fsp3) is 0.533. The smallest absolute Gasteiger partial charge is 0.204 e. The van der Waals surface area contributed by atoms with Crippen LogP contribution in [0.15, 0.2) is 20.7 Å². The van der Waals surface area contributed by atoms with Crippen LogP contribution in [0.2, 0.25) is 0 Å². The van der Waals surface area contributed by atoms with Crippen molar-refractivity contribution in [3.8, 4) is 0 Å². The number of fused-ring (bicyclic) bond motifs is 1. The molecule has 0 aliphatic carbocycles. The molecule has 4 nitrogen and oxygen atoms in total. The van der Waals surface area contributed by atoms with E-state index in [9.17, 15) is 4.79 Å². The molecule has 2 rings (SSSR count). The zero-order valence-electron chi connectivity index (χ0n) is 12.7. The Morgan fingerprint density at radius 2 is 2.24 bits per heavy atom. The third kappa shape index (κ3) is 4.02.